The van der Waals surface area contributed by atoms with E-state index in [9.17, 15) is 4.79 Å². The van der Waals surface area contributed by atoms with Crippen molar-refractivity contribution in [2.24, 2.45) is 0 Å². The number of nitrogens with one attached hydrogen (secondary N) is 2. The van der Waals surface area contributed by atoms with E-state index in [-0.39, 0.29) is 5.97 Å². The maximum atomic E-state index is 12.8. The Hall–Kier alpha value is -3.35. The lowest BCUT2D eigenvalue weighted by atomic mass is 9.94. The number of hydrogen-bond acceptors (Lipinski definition) is 5. The number of esters is 1. The van der Waals surface area contributed by atoms with Gasteiger partial charge in [-0.2, -0.15) is 10.1 Å². The van der Waals surface area contributed by atoms with E-state index in [0.717, 1.165) is 11.1 Å². The zero-order valence-corrected chi connectivity index (χ0v) is 13.6. The van der Waals surface area contributed by atoms with Crippen LogP contribution in [0.5, 0.6) is 0 Å². The van der Waals surface area contributed by atoms with Crippen molar-refractivity contribution in [3.63, 3.8) is 0 Å². The summed E-state index contributed by atoms with van der Waals surface area (Å²) >= 11 is 0. The Morgan fingerprint density at radius 2 is 2.12 bits per heavy atom. The predicted octanol–water partition coefficient (Wildman–Crippen LogP) is 2.60. The fourth-order valence-corrected chi connectivity index (χ4v) is 3.04. The van der Waals surface area contributed by atoms with E-state index in [0.29, 0.717) is 23.8 Å². The zero-order chi connectivity index (χ0) is 17.2. The average molecular weight is 335 g/mol. The number of anilines is 1. The Morgan fingerprint density at radius 1 is 1.28 bits per heavy atom. The first kappa shape index (κ1) is 15.2. The molecule has 1 aromatic carbocycles. The largest absolute Gasteiger partial charge is 0.463 e. The molecule has 0 saturated carbocycles. The van der Waals surface area contributed by atoms with Gasteiger partial charge in [0.1, 0.15) is 12.4 Å². The van der Waals surface area contributed by atoms with E-state index >= 15 is 0 Å². The van der Waals surface area contributed by atoms with Crippen molar-refractivity contribution >= 4 is 17.6 Å². The summed E-state index contributed by atoms with van der Waals surface area (Å²) in [5, 5.41) is 7.53. The molecule has 0 saturated heterocycles. The van der Waals surface area contributed by atoms with Crippen LogP contribution in [-0.2, 0) is 9.53 Å². The quantitative estimate of drug-likeness (QED) is 0.716. The van der Waals surface area contributed by atoms with Crippen LogP contribution in [-0.4, -0.2) is 32.3 Å². The molecule has 2 N–H and O–H groups in total. The number of aromatic nitrogens is 4. The number of fused-ring (bicyclic) bond motifs is 1. The van der Waals surface area contributed by atoms with Crippen LogP contribution in [0.4, 0.5) is 5.95 Å². The van der Waals surface area contributed by atoms with Gasteiger partial charge in [0.25, 0.3) is 0 Å². The van der Waals surface area contributed by atoms with Gasteiger partial charge in [-0.1, -0.05) is 30.3 Å². The number of ether oxygens (including phenoxy) is 1. The van der Waals surface area contributed by atoms with E-state index in [4.69, 9.17) is 4.74 Å². The summed E-state index contributed by atoms with van der Waals surface area (Å²) in [4.78, 5) is 20.1. The summed E-state index contributed by atoms with van der Waals surface area (Å²) in [6.07, 6.45) is 5.14. The summed E-state index contributed by atoms with van der Waals surface area (Å²) in [6.45, 7) is 2.09. The van der Waals surface area contributed by atoms with Crippen molar-refractivity contribution < 1.29 is 9.53 Å². The first-order valence-electron chi connectivity index (χ1n) is 8.05. The molecule has 7 heteroatoms. The van der Waals surface area contributed by atoms with Gasteiger partial charge in [-0.15, -0.1) is 0 Å². The lowest BCUT2D eigenvalue weighted by Gasteiger charge is -2.28. The molecule has 2 aromatic heterocycles. The molecule has 0 bridgehead atoms. The van der Waals surface area contributed by atoms with Gasteiger partial charge in [0.15, 0.2) is 0 Å². The minimum Gasteiger partial charge on any atom is -0.463 e. The Morgan fingerprint density at radius 3 is 2.84 bits per heavy atom. The molecule has 7 nitrogen and oxygen atoms in total. The van der Waals surface area contributed by atoms with Gasteiger partial charge in [0.05, 0.1) is 17.9 Å². The highest BCUT2D eigenvalue weighted by molar-refractivity contribution is 6.02. The van der Waals surface area contributed by atoms with Gasteiger partial charge in [-0.3, -0.25) is 0 Å². The minimum atomic E-state index is -0.417. The van der Waals surface area contributed by atoms with E-state index in [1.807, 2.05) is 48.8 Å². The molecule has 3 aromatic rings. The Labute approximate surface area is 144 Å². The first-order chi connectivity index (χ1) is 12.3. The minimum absolute atomic E-state index is 0.300. The molecule has 1 aliphatic rings. The maximum absolute atomic E-state index is 12.8. The molecule has 0 amide bonds. The molecule has 126 valence electrons. The number of carbonyl (C=O) groups is 1. The van der Waals surface area contributed by atoms with Crippen LogP contribution in [0, 0.1) is 0 Å². The van der Waals surface area contributed by atoms with Gasteiger partial charge in [-0.25, -0.2) is 9.48 Å². The zero-order valence-electron chi connectivity index (χ0n) is 13.6. The number of hydrogen-bond donors (Lipinski definition) is 2. The Bertz CT molecular complexity index is 912. The fourth-order valence-electron chi connectivity index (χ4n) is 3.04. The van der Waals surface area contributed by atoms with Crippen molar-refractivity contribution in [2.45, 2.75) is 13.0 Å². The Balaban J connectivity index is 1.95. The topological polar surface area (TPSA) is 84.8 Å². The molecule has 1 atom stereocenters. The third-order valence-corrected chi connectivity index (χ3v) is 4.09. The number of carbonyl (C=O) groups excluding carboxylic acids is 1. The summed E-state index contributed by atoms with van der Waals surface area (Å²) < 4.78 is 7.04. The molecule has 1 unspecified atom stereocenters. The highest BCUT2D eigenvalue weighted by Gasteiger charge is 2.36. The molecule has 1 aliphatic heterocycles. The van der Waals surface area contributed by atoms with Crippen molar-refractivity contribution in [1.29, 1.82) is 0 Å². The lowest BCUT2D eigenvalue weighted by Crippen LogP contribution is -2.29. The number of H-pyrrole nitrogens is 1. The summed E-state index contributed by atoms with van der Waals surface area (Å²) in [5.74, 6) is 0.208. The number of aromatic amines is 1. The third kappa shape index (κ3) is 2.59. The van der Waals surface area contributed by atoms with Crippen molar-refractivity contribution in [3.8, 4) is 0 Å². The molecule has 0 fully saturated rings. The van der Waals surface area contributed by atoms with Crippen LogP contribution < -0.4 is 5.32 Å². The van der Waals surface area contributed by atoms with E-state index in [1.165, 1.54) is 6.33 Å². The monoisotopic (exact) mass is 335 g/mol. The van der Waals surface area contributed by atoms with Gasteiger partial charge < -0.3 is 15.0 Å². The SMILES string of the molecule is CCOC(=O)C1=C(c2ccccc2)Nc2ncnn2C1c1cc[nH]c1. The smallest absolute Gasteiger partial charge is 0.338 e. The van der Waals surface area contributed by atoms with Gasteiger partial charge in [0, 0.05) is 12.4 Å². The average Bonchev–Trinajstić information content (AvgIpc) is 3.32. The van der Waals surface area contributed by atoms with Crippen LogP contribution in [0.1, 0.15) is 24.1 Å². The molecular weight excluding hydrogens is 318 g/mol. The molecule has 0 aliphatic carbocycles. The third-order valence-electron chi connectivity index (χ3n) is 4.09. The number of rotatable bonds is 4. The van der Waals surface area contributed by atoms with Gasteiger partial charge in [-0.05, 0) is 24.1 Å². The van der Waals surface area contributed by atoms with Crippen LogP contribution in [0.25, 0.3) is 5.70 Å². The second-order valence-electron chi connectivity index (χ2n) is 5.58. The second kappa shape index (κ2) is 6.27. The van der Waals surface area contributed by atoms with Gasteiger partial charge in [0.2, 0.25) is 5.95 Å². The van der Waals surface area contributed by atoms with Crippen molar-refractivity contribution in [2.75, 3.05) is 11.9 Å². The molecule has 0 spiro atoms. The molecule has 3 heterocycles. The second-order valence-corrected chi connectivity index (χ2v) is 5.58. The first-order valence-corrected chi connectivity index (χ1v) is 8.05. The lowest BCUT2D eigenvalue weighted by molar-refractivity contribution is -0.138. The summed E-state index contributed by atoms with van der Waals surface area (Å²) in [6, 6.07) is 11.2. The molecule has 4 rings (SSSR count). The van der Waals surface area contributed by atoms with E-state index in [1.54, 1.807) is 11.6 Å². The number of nitrogens with zero attached hydrogens (tertiary/aromatic N) is 3. The molecular formula is C18H17N5O2. The highest BCUT2D eigenvalue weighted by atomic mass is 16.5. The molecule has 0 radical (unpaired) electrons. The summed E-state index contributed by atoms with van der Waals surface area (Å²) in [7, 11) is 0. The van der Waals surface area contributed by atoms with Gasteiger partial charge >= 0.3 is 5.97 Å². The summed E-state index contributed by atoms with van der Waals surface area (Å²) in [5.41, 5.74) is 2.99. The van der Waals surface area contributed by atoms with Crippen LogP contribution in [0.2, 0.25) is 0 Å². The Kier molecular flexibility index (Phi) is 3.81. The van der Waals surface area contributed by atoms with E-state index < -0.39 is 6.04 Å². The van der Waals surface area contributed by atoms with Crippen LogP contribution in [0.15, 0.2) is 60.7 Å². The maximum Gasteiger partial charge on any atom is 0.338 e. The van der Waals surface area contributed by atoms with Crippen molar-refractivity contribution in [3.05, 3.63) is 71.8 Å². The van der Waals surface area contributed by atoms with Crippen LogP contribution in [0.3, 0.4) is 0 Å². The molecule has 25 heavy (non-hydrogen) atoms. The fraction of sp³-hybridized carbons (Fsp3) is 0.167. The van der Waals surface area contributed by atoms with E-state index in [2.05, 4.69) is 20.4 Å². The van der Waals surface area contributed by atoms with Crippen molar-refractivity contribution in [1.82, 2.24) is 19.7 Å². The highest BCUT2D eigenvalue weighted by Crippen LogP contribution is 2.38. The van der Waals surface area contributed by atoms with Crippen LogP contribution >= 0.6 is 0 Å². The predicted molar refractivity (Wildman–Crippen MR) is 92.6 cm³/mol. The standard InChI is InChI=1S/C18H17N5O2/c1-2-25-17(24)14-15(12-6-4-3-5-7-12)22-18-20-11-21-23(18)16(14)13-8-9-19-10-13/h3-11,16,19H,2H2,1H3,(H,20,21,22). The number of benzene rings is 1. The normalized spacial score (nSPS) is 16.3.